The summed E-state index contributed by atoms with van der Waals surface area (Å²) in [7, 11) is 1.59. The number of aliphatic carboxylic acids is 1. The molecule has 2 N–H and O–H groups in total. The number of carboxylic acid groups (broad SMARTS) is 1. The first-order valence-electron chi connectivity index (χ1n) is 7.06. The van der Waals surface area contributed by atoms with Gasteiger partial charge in [0.05, 0.1) is 13.0 Å². The van der Waals surface area contributed by atoms with E-state index < -0.39 is 11.9 Å². The Kier molecular flexibility index (Phi) is 6.21. The van der Waals surface area contributed by atoms with Crippen LogP contribution in [0.5, 0.6) is 5.75 Å². The smallest absolute Gasteiger partial charge is 0.308 e. The quantitative estimate of drug-likeness (QED) is 0.810. The number of hydrogen-bond acceptors (Lipinski definition) is 3. The summed E-state index contributed by atoms with van der Waals surface area (Å²) >= 11 is 0. The lowest BCUT2D eigenvalue weighted by Crippen LogP contribution is -2.33. The van der Waals surface area contributed by atoms with E-state index in [1.807, 2.05) is 20.8 Å². The predicted molar refractivity (Wildman–Crippen MR) is 80.8 cm³/mol. The lowest BCUT2D eigenvalue weighted by atomic mass is 10.0. The molecule has 0 saturated heterocycles. The normalized spacial score (nSPS) is 11.8. The van der Waals surface area contributed by atoms with Crippen LogP contribution in [-0.2, 0) is 4.79 Å². The molecule has 1 amide bonds. The number of benzene rings is 1. The summed E-state index contributed by atoms with van der Waals surface area (Å²) in [6.45, 7) is 5.82. The van der Waals surface area contributed by atoms with E-state index in [2.05, 4.69) is 5.32 Å². The fourth-order valence-corrected chi connectivity index (χ4v) is 2.38. The van der Waals surface area contributed by atoms with Crippen molar-refractivity contribution in [1.82, 2.24) is 5.32 Å². The van der Waals surface area contributed by atoms with Gasteiger partial charge in [0.1, 0.15) is 5.75 Å². The molecule has 0 aliphatic heterocycles. The van der Waals surface area contributed by atoms with Gasteiger partial charge in [0, 0.05) is 12.1 Å². The Hall–Kier alpha value is -2.04. The highest BCUT2D eigenvalue weighted by Gasteiger charge is 2.18. The highest BCUT2D eigenvalue weighted by Crippen LogP contribution is 2.24. The van der Waals surface area contributed by atoms with Crippen LogP contribution in [0.2, 0.25) is 0 Å². The molecule has 0 aliphatic carbocycles. The maximum Gasteiger partial charge on any atom is 0.308 e. The molecule has 1 rings (SSSR count). The van der Waals surface area contributed by atoms with Crippen LogP contribution in [0.1, 0.15) is 41.3 Å². The molecule has 21 heavy (non-hydrogen) atoms. The SMILES string of the molecule is CCCC(CNC(=O)c1cc(C)c(OC)c(C)c1)C(=O)O. The molecule has 5 nitrogen and oxygen atoms in total. The number of carbonyl (C=O) groups is 2. The van der Waals surface area contributed by atoms with Crippen LogP contribution in [-0.4, -0.2) is 30.6 Å². The van der Waals surface area contributed by atoms with Crippen molar-refractivity contribution in [2.24, 2.45) is 5.92 Å². The molecule has 0 fully saturated rings. The standard InChI is InChI=1S/C16H23NO4/c1-5-6-12(16(19)20)9-17-15(18)13-7-10(2)14(21-4)11(3)8-13/h7-8,12H,5-6,9H2,1-4H3,(H,17,18)(H,19,20). The Labute approximate surface area is 125 Å². The second-order valence-corrected chi connectivity index (χ2v) is 5.18. The average Bonchev–Trinajstić information content (AvgIpc) is 2.42. The van der Waals surface area contributed by atoms with E-state index in [0.29, 0.717) is 12.0 Å². The molecule has 0 radical (unpaired) electrons. The van der Waals surface area contributed by atoms with Crippen molar-refractivity contribution in [3.8, 4) is 5.75 Å². The second kappa shape index (κ2) is 7.67. The van der Waals surface area contributed by atoms with Crippen molar-refractivity contribution in [2.45, 2.75) is 33.6 Å². The summed E-state index contributed by atoms with van der Waals surface area (Å²) in [4.78, 5) is 23.2. The van der Waals surface area contributed by atoms with Gasteiger partial charge >= 0.3 is 5.97 Å². The van der Waals surface area contributed by atoms with Crippen molar-refractivity contribution in [3.63, 3.8) is 0 Å². The summed E-state index contributed by atoms with van der Waals surface area (Å²) < 4.78 is 5.26. The number of nitrogens with one attached hydrogen (secondary N) is 1. The topological polar surface area (TPSA) is 75.6 Å². The fourth-order valence-electron chi connectivity index (χ4n) is 2.38. The summed E-state index contributed by atoms with van der Waals surface area (Å²) in [6, 6.07) is 3.49. The van der Waals surface area contributed by atoms with Crippen LogP contribution in [0, 0.1) is 19.8 Å². The third-order valence-electron chi connectivity index (χ3n) is 3.42. The Balaban J connectivity index is 2.78. The lowest BCUT2D eigenvalue weighted by molar-refractivity contribution is -0.141. The van der Waals surface area contributed by atoms with Gasteiger partial charge in [0.15, 0.2) is 0 Å². The van der Waals surface area contributed by atoms with Gasteiger partial charge in [-0.25, -0.2) is 0 Å². The zero-order chi connectivity index (χ0) is 16.0. The van der Waals surface area contributed by atoms with E-state index in [1.165, 1.54) is 0 Å². The third-order valence-corrected chi connectivity index (χ3v) is 3.42. The summed E-state index contributed by atoms with van der Waals surface area (Å²) in [5, 5.41) is 11.8. The van der Waals surface area contributed by atoms with E-state index in [9.17, 15) is 9.59 Å². The number of carbonyl (C=O) groups excluding carboxylic acids is 1. The van der Waals surface area contributed by atoms with Crippen molar-refractivity contribution >= 4 is 11.9 Å². The molecule has 0 heterocycles. The van der Waals surface area contributed by atoms with Crippen LogP contribution in [0.4, 0.5) is 0 Å². The van der Waals surface area contributed by atoms with Crippen LogP contribution < -0.4 is 10.1 Å². The minimum Gasteiger partial charge on any atom is -0.496 e. The molecule has 0 spiro atoms. The second-order valence-electron chi connectivity index (χ2n) is 5.18. The first kappa shape index (κ1) is 17.0. The zero-order valence-electron chi connectivity index (χ0n) is 13.0. The van der Waals surface area contributed by atoms with Gasteiger partial charge in [-0.05, 0) is 43.5 Å². The molecular formula is C16H23NO4. The van der Waals surface area contributed by atoms with Crippen molar-refractivity contribution in [1.29, 1.82) is 0 Å². The highest BCUT2D eigenvalue weighted by molar-refractivity contribution is 5.95. The van der Waals surface area contributed by atoms with Crippen LogP contribution >= 0.6 is 0 Å². The minimum atomic E-state index is -0.876. The minimum absolute atomic E-state index is 0.145. The third kappa shape index (κ3) is 4.48. The lowest BCUT2D eigenvalue weighted by Gasteiger charge is -2.14. The van der Waals surface area contributed by atoms with Crippen LogP contribution in [0.3, 0.4) is 0 Å². The molecule has 0 saturated carbocycles. The Morgan fingerprint density at radius 2 is 1.86 bits per heavy atom. The molecule has 0 bridgehead atoms. The monoisotopic (exact) mass is 293 g/mol. The Bertz CT molecular complexity index is 502. The number of rotatable bonds is 7. The van der Waals surface area contributed by atoms with E-state index in [4.69, 9.17) is 9.84 Å². The number of amides is 1. The van der Waals surface area contributed by atoms with E-state index in [1.54, 1.807) is 19.2 Å². The van der Waals surface area contributed by atoms with Crippen LogP contribution in [0.15, 0.2) is 12.1 Å². The summed E-state index contributed by atoms with van der Waals surface area (Å²) in [6.07, 6.45) is 1.32. The van der Waals surface area contributed by atoms with Crippen molar-refractivity contribution < 1.29 is 19.4 Å². The molecule has 0 aliphatic rings. The number of methoxy groups -OCH3 is 1. The predicted octanol–water partition coefficient (Wildman–Crippen LogP) is 2.54. The molecule has 1 aromatic carbocycles. The Morgan fingerprint density at radius 3 is 2.29 bits per heavy atom. The Morgan fingerprint density at radius 1 is 1.29 bits per heavy atom. The van der Waals surface area contributed by atoms with Gasteiger partial charge in [-0.2, -0.15) is 0 Å². The maximum absolute atomic E-state index is 12.1. The van der Waals surface area contributed by atoms with Gasteiger partial charge in [-0.3, -0.25) is 9.59 Å². The summed E-state index contributed by atoms with van der Waals surface area (Å²) in [5.41, 5.74) is 2.28. The van der Waals surface area contributed by atoms with E-state index >= 15 is 0 Å². The molecule has 0 aromatic heterocycles. The van der Waals surface area contributed by atoms with Gasteiger partial charge in [-0.1, -0.05) is 13.3 Å². The van der Waals surface area contributed by atoms with Crippen LogP contribution in [0.25, 0.3) is 0 Å². The summed E-state index contributed by atoms with van der Waals surface area (Å²) in [5.74, 6) is -0.911. The molecule has 1 aromatic rings. The largest absolute Gasteiger partial charge is 0.496 e. The average molecular weight is 293 g/mol. The van der Waals surface area contributed by atoms with E-state index in [0.717, 1.165) is 23.3 Å². The van der Waals surface area contributed by atoms with E-state index in [-0.39, 0.29) is 12.5 Å². The van der Waals surface area contributed by atoms with Gasteiger partial charge in [0.25, 0.3) is 5.91 Å². The number of aryl methyl sites for hydroxylation is 2. The molecular weight excluding hydrogens is 270 g/mol. The molecule has 116 valence electrons. The first-order valence-corrected chi connectivity index (χ1v) is 7.06. The maximum atomic E-state index is 12.1. The van der Waals surface area contributed by atoms with Gasteiger partial charge < -0.3 is 15.2 Å². The first-order chi connectivity index (χ1) is 9.90. The van der Waals surface area contributed by atoms with Crippen molar-refractivity contribution in [3.05, 3.63) is 28.8 Å². The van der Waals surface area contributed by atoms with Gasteiger partial charge in [0.2, 0.25) is 0 Å². The zero-order valence-corrected chi connectivity index (χ0v) is 13.0. The van der Waals surface area contributed by atoms with Gasteiger partial charge in [-0.15, -0.1) is 0 Å². The number of carboxylic acids is 1. The molecule has 5 heteroatoms. The number of ether oxygens (including phenoxy) is 1. The highest BCUT2D eigenvalue weighted by atomic mass is 16.5. The molecule has 1 unspecified atom stereocenters. The molecule has 1 atom stereocenters. The number of hydrogen-bond donors (Lipinski definition) is 2. The fraction of sp³-hybridized carbons (Fsp3) is 0.500. The van der Waals surface area contributed by atoms with Crippen molar-refractivity contribution in [2.75, 3.05) is 13.7 Å².